The van der Waals surface area contributed by atoms with Gasteiger partial charge in [0.15, 0.2) is 18.2 Å². The van der Waals surface area contributed by atoms with Crippen molar-refractivity contribution in [2.45, 2.75) is 0 Å². The van der Waals surface area contributed by atoms with Crippen LogP contribution >= 0.6 is 0 Å². The highest BCUT2D eigenvalue weighted by molar-refractivity contribution is 5.83. The van der Waals surface area contributed by atoms with Crippen LogP contribution in [-0.2, 0) is 9.53 Å². The lowest BCUT2D eigenvalue weighted by molar-refractivity contribution is -0.123. The standard InChI is InChI=1S/C19H20FN3O3/c20-17-3-1-2-4-18(17)26-14-19(24)22-21-13-15-5-7-16(8-6-15)23-9-11-25-12-10-23/h1-8,13H,9-12,14H2,(H,22,24)/b21-13-. The van der Waals surface area contributed by atoms with Crippen molar-refractivity contribution < 1.29 is 18.7 Å². The number of benzene rings is 2. The van der Waals surface area contributed by atoms with E-state index in [2.05, 4.69) is 15.4 Å². The van der Waals surface area contributed by atoms with Gasteiger partial charge in [-0.05, 0) is 29.8 Å². The quantitative estimate of drug-likeness (QED) is 0.636. The fraction of sp³-hybridized carbons (Fsp3) is 0.263. The summed E-state index contributed by atoms with van der Waals surface area (Å²) < 4.78 is 23.8. The molecule has 0 spiro atoms. The third kappa shape index (κ3) is 5.03. The average Bonchev–Trinajstić information content (AvgIpc) is 2.69. The third-order valence-corrected chi connectivity index (χ3v) is 3.87. The molecule has 0 aromatic heterocycles. The third-order valence-electron chi connectivity index (χ3n) is 3.87. The van der Waals surface area contributed by atoms with Gasteiger partial charge in [-0.2, -0.15) is 5.10 Å². The van der Waals surface area contributed by atoms with Crippen LogP contribution in [0.15, 0.2) is 53.6 Å². The molecule has 1 fully saturated rings. The summed E-state index contributed by atoms with van der Waals surface area (Å²) in [5.41, 5.74) is 4.35. The van der Waals surface area contributed by atoms with Gasteiger partial charge in [0.25, 0.3) is 5.91 Å². The van der Waals surface area contributed by atoms with E-state index in [1.54, 1.807) is 18.3 Å². The topological polar surface area (TPSA) is 63.2 Å². The molecule has 2 aromatic carbocycles. The molecular weight excluding hydrogens is 337 g/mol. The van der Waals surface area contributed by atoms with E-state index in [4.69, 9.17) is 9.47 Å². The number of carbonyl (C=O) groups excluding carboxylic acids is 1. The molecule has 2 aromatic rings. The summed E-state index contributed by atoms with van der Waals surface area (Å²) in [5, 5.41) is 3.89. The SMILES string of the molecule is O=C(COc1ccccc1F)N/N=C\c1ccc(N2CCOCC2)cc1. The number of para-hydroxylation sites is 1. The fourth-order valence-electron chi connectivity index (χ4n) is 2.51. The Bertz CT molecular complexity index is 759. The molecule has 1 heterocycles. The molecule has 0 unspecified atom stereocenters. The fourth-order valence-corrected chi connectivity index (χ4v) is 2.51. The number of ether oxygens (including phenoxy) is 2. The van der Waals surface area contributed by atoms with Gasteiger partial charge in [-0.15, -0.1) is 0 Å². The Balaban J connectivity index is 1.45. The molecule has 26 heavy (non-hydrogen) atoms. The molecule has 0 aliphatic carbocycles. The lowest BCUT2D eigenvalue weighted by Gasteiger charge is -2.28. The average molecular weight is 357 g/mol. The predicted molar refractivity (Wildman–Crippen MR) is 97.1 cm³/mol. The van der Waals surface area contributed by atoms with E-state index in [9.17, 15) is 9.18 Å². The minimum Gasteiger partial charge on any atom is -0.481 e. The maximum atomic E-state index is 13.4. The summed E-state index contributed by atoms with van der Waals surface area (Å²) in [4.78, 5) is 13.9. The van der Waals surface area contributed by atoms with Crippen molar-refractivity contribution in [1.82, 2.24) is 5.43 Å². The lowest BCUT2D eigenvalue weighted by atomic mass is 10.2. The van der Waals surface area contributed by atoms with Gasteiger partial charge in [0.2, 0.25) is 0 Å². The summed E-state index contributed by atoms with van der Waals surface area (Å²) in [6, 6.07) is 13.8. The number of morpholine rings is 1. The van der Waals surface area contributed by atoms with Crippen LogP contribution in [0.4, 0.5) is 10.1 Å². The zero-order chi connectivity index (χ0) is 18.2. The number of amides is 1. The molecule has 1 N–H and O–H groups in total. The number of hydrazone groups is 1. The molecule has 3 rings (SSSR count). The van der Waals surface area contributed by atoms with Crippen LogP contribution in [0.3, 0.4) is 0 Å². The summed E-state index contributed by atoms with van der Waals surface area (Å²) in [6.45, 7) is 2.93. The molecular formula is C19H20FN3O3. The molecule has 6 nitrogen and oxygen atoms in total. The van der Waals surface area contributed by atoms with E-state index in [0.717, 1.165) is 37.6 Å². The van der Waals surface area contributed by atoms with Crippen molar-refractivity contribution in [2.24, 2.45) is 5.10 Å². The van der Waals surface area contributed by atoms with Gasteiger partial charge in [-0.1, -0.05) is 24.3 Å². The smallest absolute Gasteiger partial charge is 0.277 e. The second-order valence-electron chi connectivity index (χ2n) is 5.70. The van der Waals surface area contributed by atoms with Gasteiger partial charge in [-0.25, -0.2) is 9.82 Å². The zero-order valence-corrected chi connectivity index (χ0v) is 14.2. The second kappa shape index (κ2) is 8.96. The predicted octanol–water partition coefficient (Wildman–Crippen LogP) is 2.19. The highest BCUT2D eigenvalue weighted by Gasteiger charge is 2.10. The van der Waals surface area contributed by atoms with E-state index < -0.39 is 11.7 Å². The van der Waals surface area contributed by atoms with Gasteiger partial charge in [-0.3, -0.25) is 4.79 Å². The Morgan fingerprint density at radius 3 is 2.65 bits per heavy atom. The van der Waals surface area contributed by atoms with Crippen LogP contribution < -0.4 is 15.1 Å². The van der Waals surface area contributed by atoms with Gasteiger partial charge in [0.1, 0.15) is 0 Å². The molecule has 1 aliphatic rings. The number of carbonyl (C=O) groups is 1. The maximum Gasteiger partial charge on any atom is 0.277 e. The number of anilines is 1. The first kappa shape index (κ1) is 17.9. The molecule has 136 valence electrons. The molecule has 7 heteroatoms. The summed E-state index contributed by atoms with van der Waals surface area (Å²) >= 11 is 0. The van der Waals surface area contributed by atoms with Crippen LogP contribution in [0, 0.1) is 5.82 Å². The van der Waals surface area contributed by atoms with Crippen LogP contribution in [-0.4, -0.2) is 45.0 Å². The van der Waals surface area contributed by atoms with Crippen molar-refractivity contribution in [2.75, 3.05) is 37.8 Å². The highest BCUT2D eigenvalue weighted by Crippen LogP contribution is 2.16. The first-order chi connectivity index (χ1) is 12.7. The normalized spacial score (nSPS) is 14.4. The number of hydrogen-bond acceptors (Lipinski definition) is 5. The van der Waals surface area contributed by atoms with E-state index in [1.165, 1.54) is 12.1 Å². The Morgan fingerprint density at radius 2 is 1.92 bits per heavy atom. The van der Waals surface area contributed by atoms with Gasteiger partial charge >= 0.3 is 0 Å². The van der Waals surface area contributed by atoms with Gasteiger partial charge in [0, 0.05) is 18.8 Å². The van der Waals surface area contributed by atoms with Crippen molar-refractivity contribution in [1.29, 1.82) is 0 Å². The highest BCUT2D eigenvalue weighted by atomic mass is 19.1. The van der Waals surface area contributed by atoms with E-state index >= 15 is 0 Å². The van der Waals surface area contributed by atoms with Crippen LogP contribution in [0.5, 0.6) is 5.75 Å². The zero-order valence-electron chi connectivity index (χ0n) is 14.2. The molecule has 0 atom stereocenters. The van der Waals surface area contributed by atoms with Crippen molar-refractivity contribution >= 4 is 17.8 Å². The summed E-state index contributed by atoms with van der Waals surface area (Å²) in [5.74, 6) is -0.941. The van der Waals surface area contributed by atoms with Crippen molar-refractivity contribution in [3.05, 3.63) is 59.9 Å². The minimum absolute atomic E-state index is 0.0327. The van der Waals surface area contributed by atoms with E-state index in [-0.39, 0.29) is 12.4 Å². The van der Waals surface area contributed by atoms with Crippen molar-refractivity contribution in [3.8, 4) is 5.75 Å². The first-order valence-electron chi connectivity index (χ1n) is 8.34. The molecule has 0 bridgehead atoms. The molecule has 1 amide bonds. The molecule has 0 saturated carbocycles. The van der Waals surface area contributed by atoms with Crippen LogP contribution in [0.2, 0.25) is 0 Å². The number of halogens is 1. The number of rotatable bonds is 6. The van der Waals surface area contributed by atoms with E-state index in [0.29, 0.717) is 0 Å². The lowest BCUT2D eigenvalue weighted by Crippen LogP contribution is -2.36. The Hall–Kier alpha value is -2.93. The number of nitrogens with zero attached hydrogens (tertiary/aromatic N) is 2. The Kier molecular flexibility index (Phi) is 6.16. The van der Waals surface area contributed by atoms with Crippen LogP contribution in [0.25, 0.3) is 0 Å². The summed E-state index contributed by atoms with van der Waals surface area (Å²) in [6.07, 6.45) is 1.55. The molecule has 1 aliphatic heterocycles. The van der Waals surface area contributed by atoms with Crippen LogP contribution in [0.1, 0.15) is 5.56 Å². The number of hydrogen-bond donors (Lipinski definition) is 1. The Morgan fingerprint density at radius 1 is 1.19 bits per heavy atom. The van der Waals surface area contributed by atoms with Gasteiger partial charge in [0.05, 0.1) is 19.4 Å². The number of nitrogens with one attached hydrogen (secondary N) is 1. The largest absolute Gasteiger partial charge is 0.481 e. The van der Waals surface area contributed by atoms with Gasteiger partial charge < -0.3 is 14.4 Å². The van der Waals surface area contributed by atoms with E-state index in [1.807, 2.05) is 24.3 Å². The molecule has 1 saturated heterocycles. The maximum absolute atomic E-state index is 13.4. The Labute approximate surface area is 151 Å². The summed E-state index contributed by atoms with van der Waals surface area (Å²) in [7, 11) is 0. The molecule has 0 radical (unpaired) electrons. The monoisotopic (exact) mass is 357 g/mol. The second-order valence-corrected chi connectivity index (χ2v) is 5.70. The minimum atomic E-state index is -0.510. The first-order valence-corrected chi connectivity index (χ1v) is 8.34. The van der Waals surface area contributed by atoms with Crippen molar-refractivity contribution in [3.63, 3.8) is 0 Å².